The lowest BCUT2D eigenvalue weighted by molar-refractivity contribution is -0.115. The Morgan fingerprint density at radius 3 is 2.81 bits per heavy atom. The average Bonchev–Trinajstić information content (AvgIpc) is 3.17. The molecule has 118 valence electrons. The number of halogens is 3. The highest BCUT2D eigenvalue weighted by Gasteiger charge is 2.20. The third-order valence-electron chi connectivity index (χ3n) is 2.99. The summed E-state index contributed by atoms with van der Waals surface area (Å²) < 4.78 is 6.27. The van der Waals surface area contributed by atoms with Crippen molar-refractivity contribution in [3.8, 4) is 5.75 Å². The molecule has 0 unspecified atom stereocenters. The molecule has 1 aromatic carbocycles. The van der Waals surface area contributed by atoms with Crippen molar-refractivity contribution in [1.29, 1.82) is 0 Å². The lowest BCUT2D eigenvalue weighted by atomic mass is 10.3. The highest BCUT2D eigenvalue weighted by molar-refractivity contribution is 9.10. The lowest BCUT2D eigenvalue weighted by Crippen LogP contribution is -2.29. The Morgan fingerprint density at radius 1 is 1.48 bits per heavy atom. The van der Waals surface area contributed by atoms with Crippen molar-refractivity contribution in [2.75, 3.05) is 25.0 Å². The zero-order valence-corrected chi connectivity index (χ0v) is 14.9. The van der Waals surface area contributed by atoms with E-state index in [9.17, 15) is 4.79 Å². The second-order valence-corrected chi connectivity index (χ2v) is 6.11. The van der Waals surface area contributed by atoms with Crippen molar-refractivity contribution >= 4 is 51.5 Å². The van der Waals surface area contributed by atoms with E-state index in [1.165, 1.54) is 12.8 Å². The van der Waals surface area contributed by atoms with Crippen LogP contribution in [0, 0.1) is 5.92 Å². The first kappa shape index (κ1) is 18.6. The Morgan fingerprint density at radius 2 is 2.19 bits per heavy atom. The monoisotopic (exact) mass is 396 g/mol. The van der Waals surface area contributed by atoms with Crippen molar-refractivity contribution in [3.05, 3.63) is 21.6 Å². The second kappa shape index (κ2) is 8.83. The van der Waals surface area contributed by atoms with Crippen LogP contribution in [0.2, 0.25) is 5.02 Å². The fourth-order valence-electron chi connectivity index (χ4n) is 1.85. The van der Waals surface area contributed by atoms with Gasteiger partial charge in [0.15, 0.2) is 5.75 Å². The van der Waals surface area contributed by atoms with Gasteiger partial charge in [-0.2, -0.15) is 0 Å². The molecule has 2 rings (SSSR count). The van der Waals surface area contributed by atoms with Crippen LogP contribution in [0.1, 0.15) is 19.8 Å². The number of rotatable bonds is 7. The topological polar surface area (TPSA) is 50.4 Å². The standard InChI is InChI=1S/C14H18BrClN2O2.ClH/c1-2-20-14-11(15)5-10(16)6-12(14)18-13(19)8-17-7-9-3-4-9;/h5-6,9,17H,2-4,7-8H2,1H3,(H,18,19);1H. The molecule has 1 amide bonds. The molecule has 0 spiro atoms. The van der Waals surface area contributed by atoms with Gasteiger partial charge < -0.3 is 15.4 Å². The Kier molecular flexibility index (Phi) is 7.81. The molecule has 2 N–H and O–H groups in total. The number of hydrogen-bond acceptors (Lipinski definition) is 3. The van der Waals surface area contributed by atoms with E-state index in [-0.39, 0.29) is 18.3 Å². The second-order valence-electron chi connectivity index (χ2n) is 4.82. The zero-order valence-electron chi connectivity index (χ0n) is 11.7. The molecule has 1 saturated carbocycles. The number of benzene rings is 1. The van der Waals surface area contributed by atoms with Gasteiger partial charge in [-0.3, -0.25) is 4.79 Å². The van der Waals surface area contributed by atoms with Crippen molar-refractivity contribution in [2.45, 2.75) is 19.8 Å². The van der Waals surface area contributed by atoms with Gasteiger partial charge >= 0.3 is 0 Å². The van der Waals surface area contributed by atoms with Crippen LogP contribution in [-0.2, 0) is 4.79 Å². The van der Waals surface area contributed by atoms with Crippen LogP contribution in [0.3, 0.4) is 0 Å². The van der Waals surface area contributed by atoms with Gasteiger partial charge in [-0.15, -0.1) is 12.4 Å². The summed E-state index contributed by atoms with van der Waals surface area (Å²) in [6.45, 7) is 3.62. The van der Waals surface area contributed by atoms with E-state index in [1.807, 2.05) is 6.92 Å². The minimum Gasteiger partial charge on any atom is -0.491 e. The van der Waals surface area contributed by atoms with Crippen molar-refractivity contribution in [1.82, 2.24) is 5.32 Å². The SMILES string of the molecule is CCOc1c(Br)cc(Cl)cc1NC(=O)CNCC1CC1.Cl. The van der Waals surface area contributed by atoms with Gasteiger partial charge in [0.25, 0.3) is 0 Å². The largest absolute Gasteiger partial charge is 0.491 e. The molecule has 0 bridgehead atoms. The molecule has 0 radical (unpaired) electrons. The highest BCUT2D eigenvalue weighted by Crippen LogP contribution is 2.36. The Bertz CT molecular complexity index is 496. The van der Waals surface area contributed by atoms with Crippen LogP contribution >= 0.6 is 39.9 Å². The smallest absolute Gasteiger partial charge is 0.238 e. The number of carbonyl (C=O) groups is 1. The van der Waals surface area contributed by atoms with Crippen LogP contribution in [0.5, 0.6) is 5.75 Å². The first-order valence-electron chi connectivity index (χ1n) is 6.72. The van der Waals surface area contributed by atoms with E-state index < -0.39 is 0 Å². The van der Waals surface area contributed by atoms with Gasteiger partial charge in [0, 0.05) is 5.02 Å². The maximum absolute atomic E-state index is 11.9. The fourth-order valence-corrected chi connectivity index (χ4v) is 2.78. The summed E-state index contributed by atoms with van der Waals surface area (Å²) in [4.78, 5) is 11.9. The summed E-state index contributed by atoms with van der Waals surface area (Å²) in [6, 6.07) is 3.43. The summed E-state index contributed by atoms with van der Waals surface area (Å²) >= 11 is 9.40. The number of amides is 1. The van der Waals surface area contributed by atoms with Gasteiger partial charge in [-0.25, -0.2) is 0 Å². The predicted molar refractivity (Wildman–Crippen MR) is 91.8 cm³/mol. The van der Waals surface area contributed by atoms with Gasteiger partial charge in [-0.05, 0) is 60.3 Å². The molecule has 1 aromatic rings. The minimum atomic E-state index is -0.0965. The van der Waals surface area contributed by atoms with Crippen molar-refractivity contribution in [3.63, 3.8) is 0 Å². The van der Waals surface area contributed by atoms with Crippen LogP contribution in [0.4, 0.5) is 5.69 Å². The van der Waals surface area contributed by atoms with Gasteiger partial charge in [0.05, 0.1) is 23.3 Å². The highest BCUT2D eigenvalue weighted by atomic mass is 79.9. The van der Waals surface area contributed by atoms with Gasteiger partial charge in [-0.1, -0.05) is 11.6 Å². The molecule has 21 heavy (non-hydrogen) atoms. The maximum Gasteiger partial charge on any atom is 0.238 e. The molecule has 0 aliphatic heterocycles. The fraction of sp³-hybridized carbons (Fsp3) is 0.500. The molecule has 0 heterocycles. The Labute approximate surface area is 144 Å². The number of nitrogens with one attached hydrogen (secondary N) is 2. The van der Waals surface area contributed by atoms with E-state index in [4.69, 9.17) is 16.3 Å². The van der Waals surface area contributed by atoms with E-state index in [1.54, 1.807) is 12.1 Å². The summed E-state index contributed by atoms with van der Waals surface area (Å²) in [5.41, 5.74) is 0.587. The average molecular weight is 398 g/mol. The van der Waals surface area contributed by atoms with Crippen LogP contribution in [-0.4, -0.2) is 25.6 Å². The molecule has 7 heteroatoms. The van der Waals surface area contributed by atoms with Crippen LogP contribution in [0.25, 0.3) is 0 Å². The molecule has 1 fully saturated rings. The molecule has 0 saturated heterocycles. The summed E-state index contributed by atoms with van der Waals surface area (Å²) in [5, 5.41) is 6.52. The summed E-state index contributed by atoms with van der Waals surface area (Å²) in [7, 11) is 0. The Balaban J connectivity index is 0.00000220. The quantitative estimate of drug-likeness (QED) is 0.734. The number of ether oxygens (including phenoxy) is 1. The van der Waals surface area contributed by atoms with Crippen LogP contribution in [0.15, 0.2) is 16.6 Å². The van der Waals surface area contributed by atoms with Gasteiger partial charge in [0.2, 0.25) is 5.91 Å². The van der Waals surface area contributed by atoms with E-state index >= 15 is 0 Å². The predicted octanol–water partition coefficient (Wildman–Crippen LogP) is 3.86. The number of anilines is 1. The molecule has 0 aromatic heterocycles. The summed E-state index contributed by atoms with van der Waals surface area (Å²) in [6.07, 6.45) is 2.54. The molecule has 4 nitrogen and oxygen atoms in total. The molecular formula is C14H19BrCl2N2O2. The van der Waals surface area contributed by atoms with Crippen molar-refractivity contribution < 1.29 is 9.53 Å². The number of hydrogen-bond donors (Lipinski definition) is 2. The molecule has 1 aliphatic rings. The van der Waals surface area contributed by atoms with Gasteiger partial charge in [0.1, 0.15) is 0 Å². The van der Waals surface area contributed by atoms with E-state index in [2.05, 4.69) is 26.6 Å². The molecular weight excluding hydrogens is 379 g/mol. The summed E-state index contributed by atoms with van der Waals surface area (Å²) in [5.74, 6) is 1.26. The third-order valence-corrected chi connectivity index (χ3v) is 3.79. The molecule has 0 atom stereocenters. The first-order valence-corrected chi connectivity index (χ1v) is 7.89. The first-order chi connectivity index (χ1) is 9.60. The third kappa shape index (κ3) is 6.02. The van der Waals surface area contributed by atoms with Crippen LogP contribution < -0.4 is 15.4 Å². The maximum atomic E-state index is 11.9. The number of carbonyl (C=O) groups excluding carboxylic acids is 1. The van der Waals surface area contributed by atoms with E-state index in [0.717, 1.165) is 16.9 Å². The van der Waals surface area contributed by atoms with Crippen molar-refractivity contribution in [2.24, 2.45) is 5.92 Å². The minimum absolute atomic E-state index is 0. The van der Waals surface area contributed by atoms with E-state index in [0.29, 0.717) is 29.6 Å². The Hall–Kier alpha value is -0.490. The molecule has 1 aliphatic carbocycles. The normalized spacial score (nSPS) is 13.5. The lowest BCUT2D eigenvalue weighted by Gasteiger charge is -2.14. The zero-order chi connectivity index (χ0) is 14.5.